The number of esters is 1. The maximum absolute atomic E-state index is 12.6. The number of hydrogen-bond acceptors (Lipinski definition) is 10. The van der Waals surface area contributed by atoms with Gasteiger partial charge in [0.15, 0.2) is 6.10 Å². The van der Waals surface area contributed by atoms with Gasteiger partial charge in [-0.15, -0.1) is 6.58 Å². The number of nitrogens with zero attached hydrogens (tertiary/aromatic N) is 1. The van der Waals surface area contributed by atoms with Crippen LogP contribution in [0.2, 0.25) is 0 Å². The standard InChI is InChI=1S/C28H34N2O10/c1-4-13-11-30-8-7-16-15-6-5-14(39-28-24(33)22(31)23(32)25(40-28)26(34)35)9-19(15)29-21(16)20(30)10-17(13)18(12-37-2)27(36)38-3/h4-6,9,12-13,17,20,22-25,28-29,31-33H,1,7-8,10-11H2,2-3H3,(H,34,35)/b18-12+/t13-,17-,20+,22-,23-,24+,25-,28+/m0/s1. The van der Waals surface area contributed by atoms with Gasteiger partial charge in [0.2, 0.25) is 6.29 Å². The van der Waals surface area contributed by atoms with Gasteiger partial charge in [-0.3, -0.25) is 4.90 Å². The number of hydrogen-bond donors (Lipinski definition) is 5. The van der Waals surface area contributed by atoms with Crippen molar-refractivity contribution < 1.29 is 49.0 Å². The van der Waals surface area contributed by atoms with Crippen molar-refractivity contribution in [3.8, 4) is 5.75 Å². The van der Waals surface area contributed by atoms with Crippen molar-refractivity contribution in [2.24, 2.45) is 11.8 Å². The second-order valence-corrected chi connectivity index (χ2v) is 10.4. The number of rotatable bonds is 7. The number of carboxylic acid groups (broad SMARTS) is 1. The second-order valence-electron chi connectivity index (χ2n) is 10.4. The number of carbonyl (C=O) groups is 2. The van der Waals surface area contributed by atoms with E-state index in [-0.39, 0.29) is 23.6 Å². The highest BCUT2D eigenvalue weighted by atomic mass is 16.7. The maximum atomic E-state index is 12.6. The maximum Gasteiger partial charge on any atom is 0.337 e. The predicted molar refractivity (Wildman–Crippen MR) is 140 cm³/mol. The van der Waals surface area contributed by atoms with Crippen molar-refractivity contribution in [2.75, 3.05) is 27.3 Å². The minimum absolute atomic E-state index is 0.00286. The quantitative estimate of drug-likeness (QED) is 0.141. The van der Waals surface area contributed by atoms with Gasteiger partial charge in [0.25, 0.3) is 0 Å². The molecule has 12 heteroatoms. The Kier molecular flexibility index (Phi) is 7.89. The summed E-state index contributed by atoms with van der Waals surface area (Å²) in [5.74, 6) is -1.76. The van der Waals surface area contributed by atoms with Gasteiger partial charge < -0.3 is 44.4 Å². The molecule has 0 amide bonds. The molecular weight excluding hydrogens is 524 g/mol. The fourth-order valence-corrected chi connectivity index (χ4v) is 6.19. The van der Waals surface area contributed by atoms with Crippen LogP contribution in [0.25, 0.3) is 10.9 Å². The van der Waals surface area contributed by atoms with E-state index in [1.165, 1.54) is 20.5 Å². The van der Waals surface area contributed by atoms with Gasteiger partial charge in [-0.2, -0.15) is 0 Å². The smallest absolute Gasteiger partial charge is 0.337 e. The van der Waals surface area contributed by atoms with Gasteiger partial charge >= 0.3 is 11.9 Å². The number of methoxy groups -OCH3 is 2. The molecule has 1 aromatic carbocycles. The molecule has 8 atom stereocenters. The monoisotopic (exact) mass is 558 g/mol. The number of fused-ring (bicyclic) bond motifs is 5. The first-order valence-electron chi connectivity index (χ1n) is 13.1. The van der Waals surface area contributed by atoms with E-state index in [0.29, 0.717) is 12.0 Å². The van der Waals surface area contributed by atoms with Crippen LogP contribution in [0.3, 0.4) is 0 Å². The van der Waals surface area contributed by atoms with Gasteiger partial charge in [-0.1, -0.05) is 6.08 Å². The first-order chi connectivity index (χ1) is 19.2. The van der Waals surface area contributed by atoms with E-state index < -0.39 is 42.6 Å². The molecule has 3 aliphatic heterocycles. The van der Waals surface area contributed by atoms with Gasteiger partial charge in [-0.25, -0.2) is 9.59 Å². The third-order valence-electron chi connectivity index (χ3n) is 8.21. The number of carboxylic acids is 1. The molecule has 12 nitrogen and oxygen atoms in total. The molecule has 4 heterocycles. The molecule has 5 N–H and O–H groups in total. The van der Waals surface area contributed by atoms with Crippen LogP contribution in [0.5, 0.6) is 5.75 Å². The summed E-state index contributed by atoms with van der Waals surface area (Å²) in [6.07, 6.45) is -3.69. The zero-order valence-corrected chi connectivity index (χ0v) is 22.2. The summed E-state index contributed by atoms with van der Waals surface area (Å²) in [5.41, 5.74) is 3.43. The van der Waals surface area contributed by atoms with Crippen LogP contribution in [0.4, 0.5) is 0 Å². The summed E-state index contributed by atoms with van der Waals surface area (Å²) in [5, 5.41) is 40.7. The molecule has 1 aromatic heterocycles. The molecule has 0 unspecified atom stereocenters. The number of aromatic nitrogens is 1. The highest BCUT2D eigenvalue weighted by Crippen LogP contribution is 2.45. The highest BCUT2D eigenvalue weighted by molar-refractivity contribution is 5.89. The molecule has 2 fully saturated rings. The lowest BCUT2D eigenvalue weighted by atomic mass is 9.75. The van der Waals surface area contributed by atoms with Crippen molar-refractivity contribution in [3.63, 3.8) is 0 Å². The van der Waals surface area contributed by atoms with Crippen LogP contribution in [0.15, 0.2) is 42.7 Å². The lowest BCUT2D eigenvalue weighted by Crippen LogP contribution is -2.61. The number of nitrogens with one attached hydrogen (secondary N) is 1. The molecule has 40 heavy (non-hydrogen) atoms. The van der Waals surface area contributed by atoms with E-state index in [1.807, 2.05) is 12.1 Å². The van der Waals surface area contributed by atoms with E-state index >= 15 is 0 Å². The first-order valence-corrected chi connectivity index (χ1v) is 13.1. The van der Waals surface area contributed by atoms with E-state index in [2.05, 4.69) is 16.5 Å². The SMILES string of the molecule is C=C[C@H]1CN2CCc3c([nH]c4cc(O[C@@H]5O[C@H](C(=O)O)[C@@H](O)[C@H](O)[C@H]5O)ccc34)[C@H]2C[C@@H]1/C(=C\OC)C(=O)OC. The zero-order chi connectivity index (χ0) is 28.7. The molecule has 5 rings (SSSR count). The normalized spacial score (nSPS) is 32.6. The lowest BCUT2D eigenvalue weighted by molar-refractivity contribution is -0.271. The topological polar surface area (TPSA) is 171 Å². The van der Waals surface area contributed by atoms with Crippen LogP contribution >= 0.6 is 0 Å². The molecule has 0 saturated carbocycles. The Balaban J connectivity index is 1.43. The largest absolute Gasteiger partial charge is 0.504 e. The molecule has 2 saturated heterocycles. The minimum atomic E-state index is -1.80. The average molecular weight is 559 g/mol. The Morgan fingerprint density at radius 2 is 1.95 bits per heavy atom. The molecule has 0 aliphatic carbocycles. The number of piperidine rings is 1. The predicted octanol–water partition coefficient (Wildman–Crippen LogP) is 0.864. The van der Waals surface area contributed by atoms with E-state index in [9.17, 15) is 30.0 Å². The van der Waals surface area contributed by atoms with Crippen molar-refractivity contribution in [2.45, 2.75) is 49.6 Å². The number of benzene rings is 1. The van der Waals surface area contributed by atoms with Crippen LogP contribution in [0, 0.1) is 11.8 Å². The van der Waals surface area contributed by atoms with Crippen molar-refractivity contribution in [1.82, 2.24) is 9.88 Å². The lowest BCUT2D eigenvalue weighted by Gasteiger charge is -2.45. The zero-order valence-electron chi connectivity index (χ0n) is 22.2. The molecule has 0 radical (unpaired) electrons. The fourth-order valence-electron chi connectivity index (χ4n) is 6.19. The van der Waals surface area contributed by atoms with Gasteiger partial charge in [0, 0.05) is 41.7 Å². The number of aliphatic carboxylic acids is 1. The van der Waals surface area contributed by atoms with E-state index in [1.54, 1.807) is 12.1 Å². The highest BCUT2D eigenvalue weighted by Gasteiger charge is 2.48. The summed E-state index contributed by atoms with van der Waals surface area (Å²) in [4.78, 5) is 29.9. The molecular formula is C28H34N2O10. The Hall–Kier alpha value is -3.42. The van der Waals surface area contributed by atoms with Crippen molar-refractivity contribution in [1.29, 1.82) is 0 Å². The summed E-state index contributed by atoms with van der Waals surface area (Å²) in [6.45, 7) is 5.56. The van der Waals surface area contributed by atoms with Gasteiger partial charge in [0.1, 0.15) is 24.1 Å². The summed E-state index contributed by atoms with van der Waals surface area (Å²) >= 11 is 0. The Labute approximate surface area is 230 Å². The van der Waals surface area contributed by atoms with Gasteiger partial charge in [0.05, 0.1) is 32.1 Å². The molecule has 2 aromatic rings. The van der Waals surface area contributed by atoms with Crippen LogP contribution in [0.1, 0.15) is 23.7 Å². The van der Waals surface area contributed by atoms with Crippen molar-refractivity contribution >= 4 is 22.8 Å². The van der Waals surface area contributed by atoms with Crippen LogP contribution in [-0.2, 0) is 30.2 Å². The van der Waals surface area contributed by atoms with Crippen molar-refractivity contribution in [3.05, 3.63) is 53.9 Å². The first kappa shape index (κ1) is 28.1. The fraction of sp³-hybridized carbons (Fsp3) is 0.500. The van der Waals surface area contributed by atoms with Gasteiger partial charge in [-0.05, 0) is 36.5 Å². The number of aliphatic hydroxyl groups excluding tert-OH is 3. The number of H-pyrrole nitrogens is 1. The van der Waals surface area contributed by atoms with Crippen LogP contribution < -0.4 is 4.74 Å². The van der Waals surface area contributed by atoms with Crippen LogP contribution in [-0.4, -0.2) is 100 Å². The Bertz CT molecular complexity index is 1320. The third-order valence-corrected chi connectivity index (χ3v) is 8.21. The molecule has 216 valence electrons. The van der Waals surface area contributed by atoms with E-state index in [0.717, 1.165) is 41.7 Å². The Morgan fingerprint density at radius 3 is 2.62 bits per heavy atom. The second kappa shape index (κ2) is 11.2. The molecule has 0 bridgehead atoms. The number of carbonyl (C=O) groups excluding carboxylic acids is 1. The van der Waals surface area contributed by atoms with E-state index in [4.69, 9.17) is 18.9 Å². The number of aromatic amines is 1. The minimum Gasteiger partial charge on any atom is -0.504 e. The Morgan fingerprint density at radius 1 is 1.18 bits per heavy atom. The summed E-state index contributed by atoms with van der Waals surface area (Å²) in [6, 6.07) is 5.28. The number of ether oxygens (including phenoxy) is 4. The third kappa shape index (κ3) is 4.86. The average Bonchev–Trinajstić information content (AvgIpc) is 3.33. The number of aliphatic hydroxyl groups is 3. The molecule has 0 spiro atoms. The summed E-state index contributed by atoms with van der Waals surface area (Å²) < 4.78 is 21.2. The summed E-state index contributed by atoms with van der Waals surface area (Å²) in [7, 11) is 2.85. The molecule has 3 aliphatic rings.